The van der Waals surface area contributed by atoms with Gasteiger partial charge in [-0.1, -0.05) is 0 Å². The molecule has 2 heterocycles. The third kappa shape index (κ3) is 2.85. The lowest BCUT2D eigenvalue weighted by Crippen LogP contribution is -2.48. The number of carbonyl (C=O) groups excluding carboxylic acids is 2. The molecular weight excluding hydrogens is 363 g/mol. The fourth-order valence-electron chi connectivity index (χ4n) is 2.21. The summed E-state index contributed by atoms with van der Waals surface area (Å²) in [4.78, 5) is 25.4. The van der Waals surface area contributed by atoms with Crippen LogP contribution in [0.25, 0.3) is 0 Å². The first-order valence-corrected chi connectivity index (χ1v) is 7.79. The van der Waals surface area contributed by atoms with Gasteiger partial charge in [0.2, 0.25) is 5.91 Å². The molecule has 1 saturated heterocycles. The first-order valence-electron chi connectivity index (χ1n) is 5.83. The molecule has 0 aromatic carbocycles. The van der Waals surface area contributed by atoms with E-state index in [1.165, 1.54) is 0 Å². The monoisotopic (exact) mass is 378 g/mol. The van der Waals surface area contributed by atoms with E-state index in [-0.39, 0.29) is 23.8 Å². The van der Waals surface area contributed by atoms with Gasteiger partial charge in [0, 0.05) is 18.0 Å². The average Bonchev–Trinajstić information content (AvgIpc) is 2.75. The Hall–Kier alpha value is -0.630. The van der Waals surface area contributed by atoms with Crippen LogP contribution in [-0.2, 0) is 4.79 Å². The van der Waals surface area contributed by atoms with Crippen molar-refractivity contribution in [1.29, 1.82) is 0 Å². The summed E-state index contributed by atoms with van der Waals surface area (Å²) >= 11 is 3.75. The number of nitrogens with two attached hydrogens (primary N) is 1. The molecule has 0 bridgehead atoms. The molecule has 98 valence electrons. The zero-order valence-corrected chi connectivity index (χ0v) is 13.0. The molecule has 1 aliphatic heterocycles. The lowest BCUT2D eigenvalue weighted by molar-refractivity contribution is -0.123. The highest BCUT2D eigenvalue weighted by Gasteiger charge is 2.32. The summed E-state index contributed by atoms with van der Waals surface area (Å²) in [6, 6.07) is 2.06. The smallest absolute Gasteiger partial charge is 0.254 e. The summed E-state index contributed by atoms with van der Waals surface area (Å²) in [5, 5.41) is 1.87. The number of piperidine rings is 1. The third-order valence-electron chi connectivity index (χ3n) is 3.36. The number of rotatable bonds is 2. The van der Waals surface area contributed by atoms with E-state index in [2.05, 4.69) is 22.6 Å². The second kappa shape index (κ2) is 5.56. The van der Waals surface area contributed by atoms with Crippen molar-refractivity contribution in [3.63, 3.8) is 0 Å². The van der Waals surface area contributed by atoms with Crippen LogP contribution in [0.5, 0.6) is 0 Å². The van der Waals surface area contributed by atoms with E-state index in [9.17, 15) is 9.59 Å². The van der Waals surface area contributed by atoms with Gasteiger partial charge >= 0.3 is 0 Å². The summed E-state index contributed by atoms with van der Waals surface area (Å²) in [5.74, 6) is -0.505. The Morgan fingerprint density at radius 3 is 2.78 bits per heavy atom. The molecule has 2 rings (SSSR count). The molecule has 1 aromatic rings. The first-order chi connectivity index (χ1) is 8.49. The molecule has 0 saturated carbocycles. The molecular formula is C12H15IN2O2S. The van der Waals surface area contributed by atoms with Crippen LogP contribution >= 0.6 is 33.9 Å². The highest BCUT2D eigenvalue weighted by atomic mass is 127. The number of halogens is 1. The summed E-state index contributed by atoms with van der Waals surface area (Å²) in [6.07, 6.45) is 1.61. The highest BCUT2D eigenvalue weighted by molar-refractivity contribution is 14.1. The molecule has 0 radical (unpaired) electrons. The maximum atomic E-state index is 12.4. The maximum absolute atomic E-state index is 12.4. The minimum atomic E-state index is -0.306. The number of likely N-dealkylation sites (tertiary alicyclic amines) is 1. The molecule has 1 aromatic heterocycles. The van der Waals surface area contributed by atoms with Gasteiger partial charge in [-0.15, -0.1) is 11.3 Å². The normalized spacial score (nSPS) is 24.0. The van der Waals surface area contributed by atoms with Gasteiger partial charge in [0.15, 0.2) is 0 Å². The number of primary amides is 1. The molecule has 18 heavy (non-hydrogen) atoms. The number of hydrogen-bond donors (Lipinski definition) is 1. The summed E-state index contributed by atoms with van der Waals surface area (Å²) in [5.41, 5.74) is 6.05. The second-order valence-corrected chi connectivity index (χ2v) is 7.43. The SMILES string of the molecule is CC1CCC(C(N)=O)CN1C(=O)c1csc(I)c1. The molecule has 2 atom stereocenters. The molecule has 0 aliphatic carbocycles. The van der Waals surface area contributed by atoms with Crippen molar-refractivity contribution in [2.24, 2.45) is 11.7 Å². The van der Waals surface area contributed by atoms with Crippen LogP contribution in [0.15, 0.2) is 11.4 Å². The van der Waals surface area contributed by atoms with Crippen LogP contribution in [0.1, 0.15) is 30.1 Å². The maximum Gasteiger partial charge on any atom is 0.254 e. The van der Waals surface area contributed by atoms with Crippen LogP contribution in [0.4, 0.5) is 0 Å². The van der Waals surface area contributed by atoms with Gasteiger partial charge in [0.1, 0.15) is 0 Å². The quantitative estimate of drug-likeness (QED) is 0.801. The number of amides is 2. The van der Waals surface area contributed by atoms with Crippen molar-refractivity contribution in [2.75, 3.05) is 6.54 Å². The Morgan fingerprint density at radius 2 is 2.22 bits per heavy atom. The molecule has 1 aliphatic rings. The summed E-state index contributed by atoms with van der Waals surface area (Å²) < 4.78 is 1.09. The predicted molar refractivity (Wildman–Crippen MR) is 79.5 cm³/mol. The molecule has 0 spiro atoms. The topological polar surface area (TPSA) is 63.4 Å². The molecule has 2 N–H and O–H groups in total. The summed E-state index contributed by atoms with van der Waals surface area (Å²) in [7, 11) is 0. The lowest BCUT2D eigenvalue weighted by atomic mass is 9.92. The molecule has 2 unspecified atom stereocenters. The van der Waals surface area contributed by atoms with Crippen LogP contribution in [0.2, 0.25) is 0 Å². The van der Waals surface area contributed by atoms with E-state index in [4.69, 9.17) is 5.73 Å². The first kappa shape index (κ1) is 13.8. The Bertz CT molecular complexity index is 474. The molecule has 4 nitrogen and oxygen atoms in total. The van der Waals surface area contributed by atoms with Crippen molar-refractivity contribution >= 4 is 45.7 Å². The van der Waals surface area contributed by atoms with Gasteiger partial charge in [-0.2, -0.15) is 0 Å². The van der Waals surface area contributed by atoms with Crippen LogP contribution < -0.4 is 5.73 Å². The van der Waals surface area contributed by atoms with Gasteiger partial charge in [0.25, 0.3) is 5.91 Å². The Balaban J connectivity index is 2.15. The zero-order valence-electron chi connectivity index (χ0n) is 10.1. The van der Waals surface area contributed by atoms with E-state index >= 15 is 0 Å². The van der Waals surface area contributed by atoms with Gasteiger partial charge in [-0.05, 0) is 48.4 Å². The van der Waals surface area contributed by atoms with Crippen molar-refractivity contribution < 1.29 is 9.59 Å². The van der Waals surface area contributed by atoms with Crippen LogP contribution in [0, 0.1) is 8.80 Å². The van der Waals surface area contributed by atoms with Crippen molar-refractivity contribution in [3.8, 4) is 0 Å². The van der Waals surface area contributed by atoms with E-state index in [0.717, 1.165) is 15.7 Å². The van der Waals surface area contributed by atoms with Crippen molar-refractivity contribution in [3.05, 3.63) is 19.9 Å². The largest absolute Gasteiger partial charge is 0.369 e. The van der Waals surface area contributed by atoms with Crippen molar-refractivity contribution in [1.82, 2.24) is 4.90 Å². The predicted octanol–water partition coefficient (Wildman–Crippen LogP) is 2.08. The Kier molecular flexibility index (Phi) is 4.26. The van der Waals surface area contributed by atoms with Crippen molar-refractivity contribution in [2.45, 2.75) is 25.8 Å². The Morgan fingerprint density at radius 1 is 1.50 bits per heavy atom. The van der Waals surface area contributed by atoms with Gasteiger partial charge < -0.3 is 10.6 Å². The molecule has 6 heteroatoms. The Labute approximate surface area is 124 Å². The van der Waals surface area contributed by atoms with Gasteiger partial charge in [-0.3, -0.25) is 9.59 Å². The van der Waals surface area contributed by atoms with E-state index in [0.29, 0.717) is 12.1 Å². The summed E-state index contributed by atoms with van der Waals surface area (Å²) in [6.45, 7) is 2.47. The molecule has 2 amide bonds. The fourth-order valence-corrected chi connectivity index (χ4v) is 3.53. The van der Waals surface area contributed by atoms with Crippen LogP contribution in [0.3, 0.4) is 0 Å². The second-order valence-electron chi connectivity index (χ2n) is 4.62. The third-order valence-corrected chi connectivity index (χ3v) is 5.15. The number of nitrogens with zero attached hydrogens (tertiary/aromatic N) is 1. The molecule has 1 fully saturated rings. The van der Waals surface area contributed by atoms with Crippen LogP contribution in [-0.4, -0.2) is 29.3 Å². The standard InChI is InChI=1S/C12H15IN2O2S/c1-7-2-3-8(11(14)16)5-15(7)12(17)9-4-10(13)18-6-9/h4,6-8H,2-3,5H2,1H3,(H2,14,16). The van der Waals surface area contributed by atoms with E-state index in [1.807, 2.05) is 18.4 Å². The van der Waals surface area contributed by atoms with Gasteiger partial charge in [0.05, 0.1) is 14.4 Å². The van der Waals surface area contributed by atoms with E-state index in [1.54, 1.807) is 16.2 Å². The number of hydrogen-bond acceptors (Lipinski definition) is 3. The minimum Gasteiger partial charge on any atom is -0.369 e. The number of carbonyl (C=O) groups is 2. The van der Waals surface area contributed by atoms with Gasteiger partial charge in [-0.25, -0.2) is 0 Å². The highest BCUT2D eigenvalue weighted by Crippen LogP contribution is 2.25. The minimum absolute atomic E-state index is 0.00705. The zero-order chi connectivity index (χ0) is 13.3. The lowest BCUT2D eigenvalue weighted by Gasteiger charge is -2.36. The average molecular weight is 378 g/mol. The number of thiophene rings is 1. The fraction of sp³-hybridized carbons (Fsp3) is 0.500. The van der Waals surface area contributed by atoms with E-state index < -0.39 is 0 Å².